The zero-order chi connectivity index (χ0) is 14.0. The average molecular weight is 265 g/mol. The van der Waals surface area contributed by atoms with Crippen LogP contribution in [0, 0.1) is 6.92 Å². The summed E-state index contributed by atoms with van der Waals surface area (Å²) in [4.78, 5) is 24.7. The fourth-order valence-corrected chi connectivity index (χ4v) is 2.33. The topological polar surface area (TPSA) is 79.3 Å². The van der Waals surface area contributed by atoms with Crippen molar-refractivity contribution in [2.45, 2.75) is 20.4 Å². The molecule has 1 aromatic rings. The largest absolute Gasteiger partial charge is 0.338 e. The molecule has 0 aliphatic carbocycles. The first kappa shape index (κ1) is 13.5. The second-order valence-corrected chi connectivity index (χ2v) is 4.62. The maximum absolute atomic E-state index is 11.5. The van der Waals surface area contributed by atoms with Gasteiger partial charge in [-0.15, -0.1) is 0 Å². The quantitative estimate of drug-likeness (QED) is 0.704. The van der Waals surface area contributed by atoms with Crippen LogP contribution in [0.15, 0.2) is 0 Å². The number of piperazine rings is 1. The minimum absolute atomic E-state index is 0.184. The lowest BCUT2D eigenvalue weighted by molar-refractivity contribution is -0.130. The molecule has 2 N–H and O–H groups in total. The summed E-state index contributed by atoms with van der Waals surface area (Å²) in [6.07, 6.45) is 0. The Kier molecular flexibility index (Phi) is 3.84. The molecule has 2 rings (SSSR count). The molecular formula is C12H19N5O2. The molecule has 1 aliphatic rings. The lowest BCUT2D eigenvalue weighted by Crippen LogP contribution is -2.52. The summed E-state index contributed by atoms with van der Waals surface area (Å²) in [7, 11) is 1.83. The van der Waals surface area contributed by atoms with E-state index in [1.807, 2.05) is 20.9 Å². The summed E-state index contributed by atoms with van der Waals surface area (Å²) in [6.45, 7) is 5.87. The van der Waals surface area contributed by atoms with Gasteiger partial charge in [0.25, 0.3) is 0 Å². The van der Waals surface area contributed by atoms with Gasteiger partial charge in [-0.25, -0.2) is 0 Å². The first-order valence-corrected chi connectivity index (χ1v) is 6.33. The zero-order valence-electron chi connectivity index (χ0n) is 11.5. The number of aryl methyl sites for hydroxylation is 2. The van der Waals surface area contributed by atoms with E-state index >= 15 is 0 Å². The highest BCUT2D eigenvalue weighted by atomic mass is 16.2. The third-order valence-corrected chi connectivity index (χ3v) is 3.11. The zero-order valence-corrected chi connectivity index (χ0v) is 11.5. The third-order valence-electron chi connectivity index (χ3n) is 3.11. The van der Waals surface area contributed by atoms with Gasteiger partial charge in [0.15, 0.2) is 0 Å². The molecule has 0 radical (unpaired) electrons. The van der Waals surface area contributed by atoms with Gasteiger partial charge >= 0.3 is 0 Å². The van der Waals surface area contributed by atoms with Crippen LogP contribution in [-0.4, -0.2) is 41.2 Å². The van der Waals surface area contributed by atoms with Crippen LogP contribution < -0.4 is 15.5 Å². The average Bonchev–Trinajstić information content (AvgIpc) is 2.59. The van der Waals surface area contributed by atoms with E-state index in [-0.39, 0.29) is 24.9 Å². The number of anilines is 1. The fourth-order valence-electron chi connectivity index (χ4n) is 2.33. The van der Waals surface area contributed by atoms with Gasteiger partial charge in [-0.05, 0) is 13.5 Å². The van der Waals surface area contributed by atoms with Crippen molar-refractivity contribution in [2.24, 2.45) is 7.05 Å². The molecule has 0 atom stereocenters. The van der Waals surface area contributed by atoms with Crippen molar-refractivity contribution in [3.05, 3.63) is 11.3 Å². The molecule has 7 heteroatoms. The van der Waals surface area contributed by atoms with E-state index in [9.17, 15) is 9.59 Å². The van der Waals surface area contributed by atoms with Gasteiger partial charge in [0.05, 0.1) is 18.8 Å². The smallest absolute Gasteiger partial charge is 0.246 e. The molecule has 0 saturated carbocycles. The first-order chi connectivity index (χ1) is 9.02. The molecule has 1 aliphatic heterocycles. The van der Waals surface area contributed by atoms with Crippen LogP contribution in [0.1, 0.15) is 18.2 Å². The standard InChI is InChI=1S/C12H19N5O2/c1-4-13-5-9-8(2)15-16(3)12(9)17-6-10(18)14-11(19)7-17/h13H,4-7H2,1-3H3,(H,14,18,19). The predicted octanol–water partition coefficient (Wildman–Crippen LogP) is -0.699. The number of aromatic nitrogens is 2. The number of nitrogens with one attached hydrogen (secondary N) is 2. The van der Waals surface area contributed by atoms with Crippen molar-refractivity contribution in [1.82, 2.24) is 20.4 Å². The lowest BCUT2D eigenvalue weighted by atomic mass is 10.2. The van der Waals surface area contributed by atoms with Gasteiger partial charge in [0, 0.05) is 19.2 Å². The first-order valence-electron chi connectivity index (χ1n) is 6.33. The molecule has 0 bridgehead atoms. The summed E-state index contributed by atoms with van der Waals surface area (Å²) >= 11 is 0. The maximum Gasteiger partial charge on any atom is 0.246 e. The molecule has 1 saturated heterocycles. The highest BCUT2D eigenvalue weighted by Crippen LogP contribution is 2.23. The number of carbonyl (C=O) groups is 2. The monoisotopic (exact) mass is 265 g/mol. The van der Waals surface area contributed by atoms with Gasteiger partial charge in [-0.3, -0.25) is 19.6 Å². The molecule has 19 heavy (non-hydrogen) atoms. The summed E-state index contributed by atoms with van der Waals surface area (Å²) in [5.41, 5.74) is 1.95. The van der Waals surface area contributed by atoms with Crippen molar-refractivity contribution in [1.29, 1.82) is 0 Å². The molecule has 2 heterocycles. The summed E-state index contributed by atoms with van der Waals surface area (Å²) in [5, 5.41) is 9.94. The molecule has 7 nitrogen and oxygen atoms in total. The molecule has 0 aromatic carbocycles. The highest BCUT2D eigenvalue weighted by molar-refractivity contribution is 6.02. The molecule has 1 fully saturated rings. The molecule has 1 aromatic heterocycles. The molecule has 104 valence electrons. The van der Waals surface area contributed by atoms with Crippen molar-refractivity contribution in [3.63, 3.8) is 0 Å². The minimum Gasteiger partial charge on any atom is -0.338 e. The van der Waals surface area contributed by atoms with E-state index in [0.717, 1.165) is 23.6 Å². The predicted molar refractivity (Wildman–Crippen MR) is 70.7 cm³/mol. The number of carbonyl (C=O) groups excluding carboxylic acids is 2. The number of imide groups is 1. The van der Waals surface area contributed by atoms with Crippen LogP contribution in [0.2, 0.25) is 0 Å². The van der Waals surface area contributed by atoms with Gasteiger partial charge in [0.1, 0.15) is 5.82 Å². The van der Waals surface area contributed by atoms with Crippen LogP contribution in [0.5, 0.6) is 0 Å². The third kappa shape index (κ3) is 2.76. The molecule has 0 spiro atoms. The van der Waals surface area contributed by atoms with Crippen LogP contribution in [0.3, 0.4) is 0 Å². The van der Waals surface area contributed by atoms with Gasteiger partial charge in [-0.2, -0.15) is 5.10 Å². The molecule has 2 amide bonds. The second kappa shape index (κ2) is 5.40. The normalized spacial score (nSPS) is 15.8. The summed E-state index contributed by atoms with van der Waals surface area (Å²) < 4.78 is 1.73. The minimum atomic E-state index is -0.274. The number of amides is 2. The Morgan fingerprint density at radius 2 is 1.95 bits per heavy atom. The fraction of sp³-hybridized carbons (Fsp3) is 0.583. The maximum atomic E-state index is 11.5. The highest BCUT2D eigenvalue weighted by Gasteiger charge is 2.27. The van der Waals surface area contributed by atoms with Crippen LogP contribution in [0.4, 0.5) is 5.82 Å². The van der Waals surface area contributed by atoms with Crippen molar-refractivity contribution in [3.8, 4) is 0 Å². The van der Waals surface area contributed by atoms with E-state index in [4.69, 9.17) is 0 Å². The van der Waals surface area contributed by atoms with Crippen molar-refractivity contribution in [2.75, 3.05) is 24.5 Å². The van der Waals surface area contributed by atoms with E-state index in [2.05, 4.69) is 15.7 Å². The SMILES string of the molecule is CCNCc1c(C)nn(C)c1N1CC(=O)NC(=O)C1. The Balaban J connectivity index is 2.32. The van der Waals surface area contributed by atoms with E-state index in [1.165, 1.54) is 0 Å². The van der Waals surface area contributed by atoms with Crippen molar-refractivity contribution < 1.29 is 9.59 Å². The Morgan fingerprint density at radius 1 is 1.32 bits per heavy atom. The van der Waals surface area contributed by atoms with Crippen molar-refractivity contribution >= 4 is 17.6 Å². The van der Waals surface area contributed by atoms with E-state index in [1.54, 1.807) is 9.58 Å². The summed E-state index contributed by atoms with van der Waals surface area (Å²) in [5.74, 6) is 0.288. The number of hydrogen-bond donors (Lipinski definition) is 2. The molecule has 0 unspecified atom stereocenters. The summed E-state index contributed by atoms with van der Waals surface area (Å²) in [6, 6.07) is 0. The Morgan fingerprint density at radius 3 is 2.53 bits per heavy atom. The van der Waals surface area contributed by atoms with Crippen LogP contribution in [-0.2, 0) is 23.2 Å². The number of rotatable bonds is 4. The van der Waals surface area contributed by atoms with Crippen LogP contribution >= 0.6 is 0 Å². The van der Waals surface area contributed by atoms with Gasteiger partial charge < -0.3 is 10.2 Å². The molecular weight excluding hydrogens is 246 g/mol. The van der Waals surface area contributed by atoms with E-state index < -0.39 is 0 Å². The lowest BCUT2D eigenvalue weighted by Gasteiger charge is -2.28. The Hall–Kier alpha value is -1.89. The second-order valence-electron chi connectivity index (χ2n) is 4.62. The van der Waals surface area contributed by atoms with Gasteiger partial charge in [0.2, 0.25) is 11.8 Å². The van der Waals surface area contributed by atoms with E-state index in [0.29, 0.717) is 6.54 Å². The number of nitrogens with zero attached hydrogens (tertiary/aromatic N) is 3. The van der Waals surface area contributed by atoms with Crippen LogP contribution in [0.25, 0.3) is 0 Å². The number of hydrogen-bond acceptors (Lipinski definition) is 5. The Bertz CT molecular complexity index is 492. The Labute approximate surface area is 111 Å². The van der Waals surface area contributed by atoms with Gasteiger partial charge in [-0.1, -0.05) is 6.92 Å².